The van der Waals surface area contributed by atoms with Gasteiger partial charge in [0.05, 0.1) is 30.7 Å². The summed E-state index contributed by atoms with van der Waals surface area (Å²) in [5.74, 6) is 0.0279. The Balaban J connectivity index is 1.28. The predicted octanol–water partition coefficient (Wildman–Crippen LogP) is 5.02. The first kappa shape index (κ1) is 31.3. The molecule has 0 unspecified atom stereocenters. The van der Waals surface area contributed by atoms with Crippen molar-refractivity contribution in [3.63, 3.8) is 0 Å². The normalized spacial score (nSPS) is 14.2. The van der Waals surface area contributed by atoms with Crippen LogP contribution in [0.2, 0.25) is 0 Å². The third-order valence-electron chi connectivity index (χ3n) is 7.34. The van der Waals surface area contributed by atoms with Crippen LogP contribution in [0.3, 0.4) is 0 Å². The van der Waals surface area contributed by atoms with Gasteiger partial charge in [0, 0.05) is 42.9 Å². The average molecular weight is 621 g/mol. The van der Waals surface area contributed by atoms with Crippen molar-refractivity contribution in [2.45, 2.75) is 45.3 Å². The fraction of sp³-hybridized carbons (Fsp3) is 0.448. The number of amides is 1. The van der Waals surface area contributed by atoms with Gasteiger partial charge in [-0.1, -0.05) is 6.92 Å². The molecule has 1 fully saturated rings. The minimum atomic E-state index is -4.87. The Morgan fingerprint density at radius 1 is 1.14 bits per heavy atom. The van der Waals surface area contributed by atoms with E-state index < -0.39 is 24.8 Å². The van der Waals surface area contributed by atoms with Crippen LogP contribution in [0.5, 0.6) is 0 Å². The second kappa shape index (κ2) is 13.7. The van der Waals surface area contributed by atoms with Gasteiger partial charge in [0.15, 0.2) is 17.2 Å². The predicted molar refractivity (Wildman–Crippen MR) is 153 cm³/mol. The lowest BCUT2D eigenvalue weighted by molar-refractivity contribution is -0.141. The first-order chi connectivity index (χ1) is 21.1. The number of hydrogen-bond donors (Lipinski definition) is 2. The van der Waals surface area contributed by atoms with Gasteiger partial charge < -0.3 is 20.3 Å². The molecular formula is C29H33F5N8O2. The molecule has 4 aromatic rings. The first-order valence-corrected chi connectivity index (χ1v) is 14.4. The molecule has 44 heavy (non-hydrogen) atoms. The molecule has 15 heteroatoms. The lowest BCUT2D eigenvalue weighted by Gasteiger charge is -2.15. The number of carbonyl (C=O) groups excluding carboxylic acids is 1. The van der Waals surface area contributed by atoms with E-state index in [4.69, 9.17) is 4.74 Å². The molecule has 5 rings (SSSR count). The van der Waals surface area contributed by atoms with E-state index in [0.717, 1.165) is 31.4 Å². The number of nitrogens with one attached hydrogen (secondary N) is 2. The zero-order valence-electron chi connectivity index (χ0n) is 24.1. The van der Waals surface area contributed by atoms with E-state index in [1.165, 1.54) is 35.8 Å². The minimum absolute atomic E-state index is 0.0135. The summed E-state index contributed by atoms with van der Waals surface area (Å²) >= 11 is 0. The third kappa shape index (κ3) is 7.33. The monoisotopic (exact) mass is 620 g/mol. The number of fused-ring (bicyclic) bond motifs is 1. The fourth-order valence-electron chi connectivity index (χ4n) is 5.22. The molecule has 1 aromatic carbocycles. The number of aromatic nitrogens is 5. The highest BCUT2D eigenvalue weighted by atomic mass is 19.4. The lowest BCUT2D eigenvalue weighted by Crippen LogP contribution is -2.29. The summed E-state index contributed by atoms with van der Waals surface area (Å²) in [4.78, 5) is 23.8. The van der Waals surface area contributed by atoms with Crippen LogP contribution >= 0.6 is 0 Å². The minimum Gasteiger partial charge on any atom is -0.378 e. The van der Waals surface area contributed by atoms with Crippen LogP contribution in [-0.4, -0.2) is 80.8 Å². The Labute approximate surface area is 250 Å². The van der Waals surface area contributed by atoms with Crippen LogP contribution in [0, 0.1) is 0 Å². The highest BCUT2D eigenvalue weighted by Crippen LogP contribution is 2.37. The Bertz CT molecular complexity index is 1580. The zero-order chi connectivity index (χ0) is 31.3. The SMILES string of the molecule is CCc1cc(Nc2nccn3c(-c4cn(CC(F)F)nc4C(F)(F)F)cnc23)ccc1C(=O)NCCOCCN1CCCC1. The van der Waals surface area contributed by atoms with Crippen molar-refractivity contribution in [3.8, 4) is 11.3 Å². The summed E-state index contributed by atoms with van der Waals surface area (Å²) in [6.45, 7) is 5.48. The van der Waals surface area contributed by atoms with Crippen molar-refractivity contribution in [3.05, 3.63) is 59.8 Å². The highest BCUT2D eigenvalue weighted by Gasteiger charge is 2.38. The van der Waals surface area contributed by atoms with Gasteiger partial charge in [0.2, 0.25) is 0 Å². The molecule has 0 atom stereocenters. The number of halogens is 5. The van der Waals surface area contributed by atoms with Gasteiger partial charge in [0.1, 0.15) is 6.54 Å². The maximum absolute atomic E-state index is 13.7. The van der Waals surface area contributed by atoms with E-state index in [1.54, 1.807) is 18.2 Å². The molecule has 3 aromatic heterocycles. The molecule has 0 radical (unpaired) electrons. The number of anilines is 2. The van der Waals surface area contributed by atoms with E-state index in [1.807, 2.05) is 6.92 Å². The number of nitrogens with zero attached hydrogens (tertiary/aromatic N) is 6. The van der Waals surface area contributed by atoms with E-state index in [-0.39, 0.29) is 28.6 Å². The first-order valence-electron chi connectivity index (χ1n) is 14.4. The molecule has 1 aliphatic heterocycles. The number of ether oxygens (including phenoxy) is 1. The maximum atomic E-state index is 13.7. The molecule has 236 valence electrons. The average Bonchev–Trinajstić information content (AvgIpc) is 3.74. The summed E-state index contributed by atoms with van der Waals surface area (Å²) in [6, 6.07) is 5.19. The topological polar surface area (TPSA) is 102 Å². The maximum Gasteiger partial charge on any atom is 0.435 e. The van der Waals surface area contributed by atoms with Gasteiger partial charge in [-0.15, -0.1) is 0 Å². The van der Waals surface area contributed by atoms with Crippen molar-refractivity contribution in [1.29, 1.82) is 0 Å². The number of likely N-dealkylation sites (tertiary alicyclic amines) is 1. The second-order valence-electron chi connectivity index (χ2n) is 10.4. The van der Waals surface area contributed by atoms with Crippen LogP contribution in [0.1, 0.15) is 41.4 Å². The van der Waals surface area contributed by atoms with Gasteiger partial charge in [-0.25, -0.2) is 18.7 Å². The summed E-state index contributed by atoms with van der Waals surface area (Å²) in [5, 5.41) is 9.37. The molecule has 1 aliphatic rings. The molecule has 10 nitrogen and oxygen atoms in total. The number of imidazole rings is 1. The molecule has 2 N–H and O–H groups in total. The molecule has 1 saturated heterocycles. The largest absolute Gasteiger partial charge is 0.435 e. The molecule has 0 bridgehead atoms. The van der Waals surface area contributed by atoms with Crippen LogP contribution in [0.15, 0.2) is 43.0 Å². The van der Waals surface area contributed by atoms with Crippen molar-refractivity contribution >= 4 is 23.1 Å². The highest BCUT2D eigenvalue weighted by molar-refractivity contribution is 5.96. The number of rotatable bonds is 13. The number of benzene rings is 1. The number of hydrogen-bond acceptors (Lipinski definition) is 7. The lowest BCUT2D eigenvalue weighted by atomic mass is 10.0. The summed E-state index contributed by atoms with van der Waals surface area (Å²) < 4.78 is 74.6. The number of aryl methyl sites for hydroxylation is 1. The van der Waals surface area contributed by atoms with Gasteiger partial charge in [0.25, 0.3) is 12.3 Å². The van der Waals surface area contributed by atoms with Gasteiger partial charge in [-0.2, -0.15) is 18.3 Å². The van der Waals surface area contributed by atoms with Crippen molar-refractivity contribution in [2.24, 2.45) is 0 Å². The molecule has 0 spiro atoms. The summed E-state index contributed by atoms with van der Waals surface area (Å²) in [5.41, 5.74) is 0.435. The summed E-state index contributed by atoms with van der Waals surface area (Å²) in [7, 11) is 0. The third-order valence-corrected chi connectivity index (χ3v) is 7.34. The van der Waals surface area contributed by atoms with Crippen LogP contribution in [0.25, 0.3) is 16.9 Å². The van der Waals surface area contributed by atoms with Gasteiger partial charge >= 0.3 is 6.18 Å². The molecule has 1 amide bonds. The Hall–Kier alpha value is -4.11. The van der Waals surface area contributed by atoms with Gasteiger partial charge in [-0.3, -0.25) is 13.9 Å². The van der Waals surface area contributed by atoms with E-state index in [0.29, 0.717) is 42.1 Å². The Morgan fingerprint density at radius 3 is 2.66 bits per heavy atom. The fourth-order valence-corrected chi connectivity index (χ4v) is 5.22. The van der Waals surface area contributed by atoms with Crippen molar-refractivity contribution in [1.82, 2.24) is 34.4 Å². The molecule has 0 aliphatic carbocycles. The number of alkyl halides is 5. The molecular weight excluding hydrogens is 587 g/mol. The zero-order valence-corrected chi connectivity index (χ0v) is 24.1. The van der Waals surface area contributed by atoms with Crippen molar-refractivity contribution in [2.75, 3.05) is 44.7 Å². The van der Waals surface area contributed by atoms with E-state index in [2.05, 4.69) is 30.6 Å². The Morgan fingerprint density at radius 2 is 1.93 bits per heavy atom. The van der Waals surface area contributed by atoms with E-state index in [9.17, 15) is 26.7 Å². The smallest absolute Gasteiger partial charge is 0.378 e. The van der Waals surface area contributed by atoms with E-state index >= 15 is 0 Å². The summed E-state index contributed by atoms with van der Waals surface area (Å²) in [6.07, 6.45) is 0.235. The van der Waals surface area contributed by atoms with Crippen LogP contribution < -0.4 is 10.6 Å². The Kier molecular flexibility index (Phi) is 9.74. The van der Waals surface area contributed by atoms with Crippen molar-refractivity contribution < 1.29 is 31.5 Å². The van der Waals surface area contributed by atoms with Crippen LogP contribution in [0.4, 0.5) is 33.5 Å². The molecule has 0 saturated carbocycles. The molecule has 4 heterocycles. The van der Waals surface area contributed by atoms with Crippen LogP contribution in [-0.2, 0) is 23.9 Å². The van der Waals surface area contributed by atoms with Gasteiger partial charge in [-0.05, 0) is 56.1 Å². The second-order valence-corrected chi connectivity index (χ2v) is 10.4. The standard InChI is InChI=1S/C29H33F5N8O2/c1-2-19-15-20(5-6-21(19)28(43)36-8-13-44-14-12-40-9-3-4-10-40)38-26-27-37-16-23(42(27)11-7-35-26)22-17-41(18-24(30)31)39-25(22)29(32,33)34/h5-7,11,15-17,24H,2-4,8-10,12-14,18H2,1H3,(H,35,38)(H,36,43). The quantitative estimate of drug-likeness (QED) is 0.160. The number of carbonyl (C=O) groups is 1.